The zero-order valence-electron chi connectivity index (χ0n) is 10.7. The molecule has 0 spiro atoms. The van der Waals surface area contributed by atoms with Gasteiger partial charge in [-0.25, -0.2) is 0 Å². The van der Waals surface area contributed by atoms with Crippen LogP contribution in [0.5, 0.6) is 5.75 Å². The fourth-order valence-corrected chi connectivity index (χ4v) is 3.61. The summed E-state index contributed by atoms with van der Waals surface area (Å²) in [5.41, 5.74) is 7.46. The van der Waals surface area contributed by atoms with E-state index in [9.17, 15) is 0 Å². The fraction of sp³-hybridized carbons (Fsp3) is 0.750. The lowest BCUT2D eigenvalue weighted by molar-refractivity contribution is 0.373. The second kappa shape index (κ2) is 5.31. The molecule has 17 heavy (non-hydrogen) atoms. The minimum Gasteiger partial charge on any atom is -0.493 e. The normalized spacial score (nSPS) is 22.1. The SMILES string of the molecule is COc1cnn(C(C)C)c1C(N)C1CCSC1. The Balaban J connectivity index is 2.30. The molecular formula is C12H21N3OS. The summed E-state index contributed by atoms with van der Waals surface area (Å²) in [5, 5.41) is 4.38. The van der Waals surface area contributed by atoms with Crippen LogP contribution >= 0.6 is 11.8 Å². The number of aromatic nitrogens is 2. The molecule has 2 heterocycles. The van der Waals surface area contributed by atoms with Gasteiger partial charge in [-0.2, -0.15) is 16.9 Å². The average Bonchev–Trinajstić information content (AvgIpc) is 2.96. The van der Waals surface area contributed by atoms with Crippen LogP contribution in [-0.2, 0) is 0 Å². The van der Waals surface area contributed by atoms with Crippen LogP contribution in [0.2, 0.25) is 0 Å². The van der Waals surface area contributed by atoms with E-state index in [0.29, 0.717) is 12.0 Å². The lowest BCUT2D eigenvalue weighted by Crippen LogP contribution is -2.25. The van der Waals surface area contributed by atoms with Gasteiger partial charge in [-0.1, -0.05) is 0 Å². The van der Waals surface area contributed by atoms with Crippen LogP contribution in [0.25, 0.3) is 0 Å². The lowest BCUT2D eigenvalue weighted by Gasteiger charge is -2.22. The zero-order valence-corrected chi connectivity index (χ0v) is 11.5. The number of nitrogens with zero attached hydrogens (tertiary/aromatic N) is 2. The smallest absolute Gasteiger partial charge is 0.161 e. The maximum absolute atomic E-state index is 6.41. The molecule has 2 atom stereocenters. The Morgan fingerprint density at radius 1 is 1.59 bits per heavy atom. The molecule has 1 saturated heterocycles. The van der Waals surface area contributed by atoms with Crippen molar-refractivity contribution >= 4 is 11.8 Å². The van der Waals surface area contributed by atoms with Crippen molar-refractivity contribution in [3.05, 3.63) is 11.9 Å². The molecule has 0 amide bonds. The molecule has 4 nitrogen and oxygen atoms in total. The molecule has 96 valence electrons. The van der Waals surface area contributed by atoms with Gasteiger partial charge in [0.05, 0.1) is 25.0 Å². The topological polar surface area (TPSA) is 53.1 Å². The van der Waals surface area contributed by atoms with Gasteiger partial charge in [0.1, 0.15) is 0 Å². The lowest BCUT2D eigenvalue weighted by atomic mass is 9.96. The van der Waals surface area contributed by atoms with E-state index < -0.39 is 0 Å². The van der Waals surface area contributed by atoms with E-state index in [2.05, 4.69) is 18.9 Å². The van der Waals surface area contributed by atoms with Crippen molar-refractivity contribution in [2.24, 2.45) is 11.7 Å². The second-order valence-electron chi connectivity index (χ2n) is 4.79. The van der Waals surface area contributed by atoms with Gasteiger partial charge in [-0.05, 0) is 37.7 Å². The number of methoxy groups -OCH3 is 1. The first-order valence-corrected chi connectivity index (χ1v) is 7.25. The Bertz CT molecular complexity index is 372. The highest BCUT2D eigenvalue weighted by Crippen LogP contribution is 2.36. The maximum atomic E-state index is 6.41. The van der Waals surface area contributed by atoms with Crippen LogP contribution in [-0.4, -0.2) is 28.4 Å². The predicted molar refractivity (Wildman–Crippen MR) is 71.5 cm³/mol. The summed E-state index contributed by atoms with van der Waals surface area (Å²) in [7, 11) is 1.68. The van der Waals surface area contributed by atoms with E-state index in [-0.39, 0.29) is 6.04 Å². The quantitative estimate of drug-likeness (QED) is 0.896. The summed E-state index contributed by atoms with van der Waals surface area (Å²) in [6.07, 6.45) is 2.97. The van der Waals surface area contributed by atoms with Crippen molar-refractivity contribution < 1.29 is 4.74 Å². The number of hydrogen-bond donors (Lipinski definition) is 1. The predicted octanol–water partition coefficient (Wildman–Crippen LogP) is 2.23. The maximum Gasteiger partial charge on any atom is 0.161 e. The number of rotatable bonds is 4. The Labute approximate surface area is 107 Å². The molecule has 1 fully saturated rings. The Kier molecular flexibility index (Phi) is 3.99. The molecule has 0 aliphatic carbocycles. The van der Waals surface area contributed by atoms with Crippen molar-refractivity contribution in [1.29, 1.82) is 0 Å². The fourth-order valence-electron chi connectivity index (χ4n) is 2.30. The first-order valence-electron chi connectivity index (χ1n) is 6.09. The Hall–Kier alpha value is -0.680. The minimum absolute atomic E-state index is 0.0323. The summed E-state index contributed by atoms with van der Waals surface area (Å²) in [4.78, 5) is 0. The molecular weight excluding hydrogens is 234 g/mol. The van der Waals surface area contributed by atoms with Crippen LogP contribution < -0.4 is 10.5 Å². The first-order chi connectivity index (χ1) is 8.15. The van der Waals surface area contributed by atoms with Gasteiger partial charge in [0.2, 0.25) is 0 Å². The summed E-state index contributed by atoms with van der Waals surface area (Å²) in [6.45, 7) is 4.23. The van der Waals surface area contributed by atoms with E-state index in [1.807, 2.05) is 16.4 Å². The third kappa shape index (κ3) is 2.45. The molecule has 2 unspecified atom stereocenters. The van der Waals surface area contributed by atoms with Crippen LogP contribution in [0.3, 0.4) is 0 Å². The molecule has 0 radical (unpaired) electrons. The molecule has 5 heteroatoms. The number of thioether (sulfide) groups is 1. The van der Waals surface area contributed by atoms with Gasteiger partial charge in [-0.3, -0.25) is 4.68 Å². The van der Waals surface area contributed by atoms with Gasteiger partial charge < -0.3 is 10.5 Å². The zero-order chi connectivity index (χ0) is 12.4. The van der Waals surface area contributed by atoms with E-state index in [0.717, 1.165) is 17.2 Å². The van der Waals surface area contributed by atoms with E-state index in [1.165, 1.54) is 12.2 Å². The van der Waals surface area contributed by atoms with Gasteiger partial charge in [-0.15, -0.1) is 0 Å². The summed E-state index contributed by atoms with van der Waals surface area (Å²) in [5.74, 6) is 3.73. The van der Waals surface area contributed by atoms with Crippen LogP contribution in [0, 0.1) is 5.92 Å². The molecule has 0 bridgehead atoms. The highest BCUT2D eigenvalue weighted by molar-refractivity contribution is 7.99. The summed E-state index contributed by atoms with van der Waals surface area (Å²) in [6, 6.07) is 0.346. The molecule has 1 aromatic heterocycles. The monoisotopic (exact) mass is 255 g/mol. The summed E-state index contributed by atoms with van der Waals surface area (Å²) >= 11 is 1.99. The van der Waals surface area contributed by atoms with Crippen molar-refractivity contribution in [1.82, 2.24) is 9.78 Å². The van der Waals surface area contributed by atoms with Gasteiger partial charge >= 0.3 is 0 Å². The molecule has 2 N–H and O–H groups in total. The van der Waals surface area contributed by atoms with Gasteiger partial charge in [0, 0.05) is 6.04 Å². The van der Waals surface area contributed by atoms with Crippen molar-refractivity contribution in [2.45, 2.75) is 32.4 Å². The summed E-state index contributed by atoms with van der Waals surface area (Å²) < 4.78 is 7.38. The molecule has 1 aromatic rings. The number of nitrogens with two attached hydrogens (primary N) is 1. The molecule has 1 aliphatic rings. The third-order valence-electron chi connectivity index (χ3n) is 3.30. The van der Waals surface area contributed by atoms with Crippen LogP contribution in [0.15, 0.2) is 6.20 Å². The highest BCUT2D eigenvalue weighted by atomic mass is 32.2. The Morgan fingerprint density at radius 3 is 2.88 bits per heavy atom. The van der Waals surface area contributed by atoms with Gasteiger partial charge in [0.15, 0.2) is 5.75 Å². The highest BCUT2D eigenvalue weighted by Gasteiger charge is 2.29. The van der Waals surface area contributed by atoms with Crippen molar-refractivity contribution in [3.8, 4) is 5.75 Å². The van der Waals surface area contributed by atoms with Gasteiger partial charge in [0.25, 0.3) is 0 Å². The number of ether oxygens (including phenoxy) is 1. The second-order valence-corrected chi connectivity index (χ2v) is 5.94. The molecule has 1 aliphatic heterocycles. The molecule has 0 aromatic carbocycles. The number of hydrogen-bond acceptors (Lipinski definition) is 4. The third-order valence-corrected chi connectivity index (χ3v) is 4.48. The van der Waals surface area contributed by atoms with E-state index in [1.54, 1.807) is 13.3 Å². The van der Waals surface area contributed by atoms with Crippen molar-refractivity contribution in [2.75, 3.05) is 18.6 Å². The van der Waals surface area contributed by atoms with Crippen LogP contribution in [0.1, 0.15) is 38.0 Å². The first kappa shape index (κ1) is 12.8. The van der Waals surface area contributed by atoms with E-state index in [4.69, 9.17) is 10.5 Å². The average molecular weight is 255 g/mol. The Morgan fingerprint density at radius 2 is 2.35 bits per heavy atom. The standard InChI is InChI=1S/C12H21N3OS/c1-8(2)15-12(10(16-3)6-14-15)11(13)9-4-5-17-7-9/h6,8-9,11H,4-5,7,13H2,1-3H3. The molecule has 0 saturated carbocycles. The molecule has 2 rings (SSSR count). The largest absolute Gasteiger partial charge is 0.493 e. The van der Waals surface area contributed by atoms with Crippen LogP contribution in [0.4, 0.5) is 0 Å². The van der Waals surface area contributed by atoms with Crippen molar-refractivity contribution in [3.63, 3.8) is 0 Å². The van der Waals surface area contributed by atoms with E-state index >= 15 is 0 Å². The minimum atomic E-state index is 0.0323.